The average molecular weight is 265 g/mol. The molecule has 4 N–H and O–H groups in total. The van der Waals surface area contributed by atoms with E-state index < -0.39 is 0 Å². The fraction of sp³-hybridized carbons (Fsp3) is 0.385. The summed E-state index contributed by atoms with van der Waals surface area (Å²) in [5.41, 5.74) is 6.34. The maximum Gasteiger partial charge on any atom is 0.253 e. The fourth-order valence-electron chi connectivity index (χ4n) is 1.60. The Morgan fingerprint density at radius 3 is 2.63 bits per heavy atom. The van der Waals surface area contributed by atoms with E-state index in [-0.39, 0.29) is 30.9 Å². The Balaban J connectivity index is 2.76. The number of anilines is 1. The minimum atomic E-state index is -0.327. The Bertz CT molecular complexity index is 445. The van der Waals surface area contributed by atoms with E-state index in [4.69, 9.17) is 10.5 Å². The summed E-state index contributed by atoms with van der Waals surface area (Å²) in [7, 11) is 3.04. The lowest BCUT2D eigenvalue weighted by Gasteiger charge is -2.14. The Morgan fingerprint density at radius 2 is 2.05 bits per heavy atom. The third-order valence-electron chi connectivity index (χ3n) is 2.68. The van der Waals surface area contributed by atoms with E-state index in [2.05, 4.69) is 10.6 Å². The number of hydrogen-bond acceptors (Lipinski definition) is 4. The fourth-order valence-corrected chi connectivity index (χ4v) is 1.60. The van der Waals surface area contributed by atoms with Gasteiger partial charge in [-0.1, -0.05) is 12.1 Å². The van der Waals surface area contributed by atoms with Gasteiger partial charge < -0.3 is 21.1 Å². The molecule has 1 aromatic rings. The van der Waals surface area contributed by atoms with Crippen molar-refractivity contribution in [2.24, 2.45) is 5.73 Å². The van der Waals surface area contributed by atoms with Crippen LogP contribution in [0.25, 0.3) is 0 Å². The lowest BCUT2D eigenvalue weighted by atomic mass is 10.1. The predicted molar refractivity (Wildman–Crippen MR) is 72.9 cm³/mol. The van der Waals surface area contributed by atoms with Gasteiger partial charge in [-0.15, -0.1) is 0 Å². The van der Waals surface area contributed by atoms with Gasteiger partial charge in [0.05, 0.1) is 23.8 Å². The number of nitrogens with one attached hydrogen (secondary N) is 2. The van der Waals surface area contributed by atoms with Crippen LogP contribution in [0.2, 0.25) is 0 Å². The summed E-state index contributed by atoms with van der Waals surface area (Å²) in [5.74, 6) is -0.494. The van der Waals surface area contributed by atoms with E-state index in [1.807, 2.05) is 0 Å². The van der Waals surface area contributed by atoms with Crippen molar-refractivity contribution >= 4 is 17.5 Å². The normalized spacial score (nSPS) is 11.7. The number of para-hydroxylation sites is 1. The summed E-state index contributed by atoms with van der Waals surface area (Å²) >= 11 is 0. The first-order valence-corrected chi connectivity index (χ1v) is 5.96. The molecule has 6 nitrogen and oxygen atoms in total. The third kappa shape index (κ3) is 4.35. The Kier molecular flexibility index (Phi) is 5.98. The maximum atomic E-state index is 11.8. The molecule has 0 fully saturated rings. The van der Waals surface area contributed by atoms with E-state index >= 15 is 0 Å². The highest BCUT2D eigenvalue weighted by Crippen LogP contribution is 2.15. The van der Waals surface area contributed by atoms with Gasteiger partial charge in [0.15, 0.2) is 0 Å². The van der Waals surface area contributed by atoms with Crippen LogP contribution in [0, 0.1) is 0 Å². The van der Waals surface area contributed by atoms with Gasteiger partial charge in [-0.25, -0.2) is 0 Å². The average Bonchev–Trinajstić information content (AvgIpc) is 2.44. The number of nitrogens with two attached hydrogens (primary N) is 1. The van der Waals surface area contributed by atoms with Crippen LogP contribution in [0.4, 0.5) is 5.69 Å². The number of carbonyl (C=O) groups excluding carboxylic acids is 2. The zero-order chi connectivity index (χ0) is 14.3. The molecule has 2 amide bonds. The highest BCUT2D eigenvalue weighted by atomic mass is 16.5. The molecule has 0 spiro atoms. The molecule has 104 valence electrons. The van der Waals surface area contributed by atoms with E-state index in [9.17, 15) is 9.59 Å². The van der Waals surface area contributed by atoms with E-state index in [0.717, 1.165) is 0 Å². The zero-order valence-corrected chi connectivity index (χ0v) is 11.1. The Morgan fingerprint density at radius 1 is 1.37 bits per heavy atom. The number of hydrogen-bond donors (Lipinski definition) is 3. The van der Waals surface area contributed by atoms with Crippen LogP contribution in [0.1, 0.15) is 16.8 Å². The number of rotatable bonds is 6. The smallest absolute Gasteiger partial charge is 0.253 e. The highest BCUT2D eigenvalue weighted by molar-refractivity contribution is 6.03. The molecule has 1 aromatic carbocycles. The molecule has 0 aromatic heterocycles. The number of carbonyl (C=O) groups is 2. The van der Waals surface area contributed by atoms with Gasteiger partial charge in [-0.2, -0.15) is 0 Å². The van der Waals surface area contributed by atoms with Crippen LogP contribution < -0.4 is 16.4 Å². The molecule has 0 saturated heterocycles. The van der Waals surface area contributed by atoms with E-state index in [1.165, 1.54) is 14.2 Å². The summed E-state index contributed by atoms with van der Waals surface area (Å²) in [6, 6.07) is 6.80. The van der Waals surface area contributed by atoms with E-state index in [1.54, 1.807) is 24.3 Å². The van der Waals surface area contributed by atoms with Crippen molar-refractivity contribution in [2.75, 3.05) is 26.0 Å². The van der Waals surface area contributed by atoms with E-state index in [0.29, 0.717) is 11.3 Å². The second kappa shape index (κ2) is 7.50. The minimum Gasteiger partial charge on any atom is -0.380 e. The quantitative estimate of drug-likeness (QED) is 0.692. The van der Waals surface area contributed by atoms with Crippen LogP contribution in [0.3, 0.4) is 0 Å². The summed E-state index contributed by atoms with van der Waals surface area (Å²) < 4.78 is 5.04. The van der Waals surface area contributed by atoms with Crippen molar-refractivity contribution in [3.63, 3.8) is 0 Å². The zero-order valence-electron chi connectivity index (χ0n) is 11.1. The second-order valence-electron chi connectivity index (χ2n) is 3.97. The molecule has 0 saturated carbocycles. The van der Waals surface area contributed by atoms with Crippen molar-refractivity contribution < 1.29 is 14.3 Å². The molecule has 1 atom stereocenters. The first-order valence-electron chi connectivity index (χ1n) is 5.96. The van der Waals surface area contributed by atoms with Crippen LogP contribution in [-0.4, -0.2) is 38.6 Å². The monoisotopic (exact) mass is 265 g/mol. The number of methoxy groups -OCH3 is 1. The van der Waals surface area contributed by atoms with Gasteiger partial charge in [0.1, 0.15) is 0 Å². The molecule has 0 heterocycles. The number of ether oxygens (including phenoxy) is 1. The maximum absolute atomic E-state index is 11.8. The molecule has 1 unspecified atom stereocenters. The molecule has 0 aliphatic carbocycles. The lowest BCUT2D eigenvalue weighted by molar-refractivity contribution is -0.118. The van der Waals surface area contributed by atoms with Gasteiger partial charge >= 0.3 is 0 Å². The molecule has 0 radical (unpaired) electrons. The summed E-state index contributed by atoms with van der Waals surface area (Å²) in [6.45, 7) is 0.265. The first-order chi connectivity index (χ1) is 9.12. The largest absolute Gasteiger partial charge is 0.380 e. The molecular formula is C13H19N3O3. The standard InChI is InChI=1S/C13H19N3O3/c1-15-13(18)10-5-3-4-6-11(10)16-12(17)7-9(8-14)19-2/h3-6,9H,7-8,14H2,1-2H3,(H,15,18)(H,16,17). The van der Waals surface area contributed by atoms with Crippen molar-refractivity contribution in [1.29, 1.82) is 0 Å². The molecule has 1 rings (SSSR count). The second-order valence-corrected chi connectivity index (χ2v) is 3.97. The molecule has 0 aliphatic heterocycles. The SMILES string of the molecule is CNC(=O)c1ccccc1NC(=O)CC(CN)OC. The first kappa shape index (κ1) is 15.1. The lowest BCUT2D eigenvalue weighted by Crippen LogP contribution is -2.29. The van der Waals surface area contributed by atoms with Crippen LogP contribution >= 0.6 is 0 Å². The topological polar surface area (TPSA) is 93.5 Å². The van der Waals surface area contributed by atoms with Crippen molar-refractivity contribution in [2.45, 2.75) is 12.5 Å². The van der Waals surface area contributed by atoms with Crippen LogP contribution in [0.15, 0.2) is 24.3 Å². The summed E-state index contributed by atoms with van der Waals surface area (Å²) in [6.07, 6.45) is -0.179. The predicted octanol–water partition coefficient (Wildman–Crippen LogP) is 0.349. The number of benzene rings is 1. The molecule has 0 bridgehead atoms. The van der Waals surface area contributed by atoms with Crippen LogP contribution in [0.5, 0.6) is 0 Å². The Hall–Kier alpha value is -1.92. The summed E-state index contributed by atoms with van der Waals surface area (Å²) in [5, 5.41) is 5.21. The van der Waals surface area contributed by atoms with Crippen molar-refractivity contribution in [3.8, 4) is 0 Å². The van der Waals surface area contributed by atoms with Gasteiger partial charge in [0.25, 0.3) is 5.91 Å². The van der Waals surface area contributed by atoms with Gasteiger partial charge in [-0.3, -0.25) is 9.59 Å². The molecule has 0 aliphatic rings. The molecule has 19 heavy (non-hydrogen) atoms. The van der Waals surface area contributed by atoms with Crippen molar-refractivity contribution in [3.05, 3.63) is 29.8 Å². The van der Waals surface area contributed by atoms with Gasteiger partial charge in [0.2, 0.25) is 5.91 Å². The third-order valence-corrected chi connectivity index (χ3v) is 2.68. The summed E-state index contributed by atoms with van der Waals surface area (Å²) in [4.78, 5) is 23.5. The van der Waals surface area contributed by atoms with Crippen molar-refractivity contribution in [1.82, 2.24) is 5.32 Å². The van der Waals surface area contributed by atoms with Gasteiger partial charge in [-0.05, 0) is 12.1 Å². The molecule has 6 heteroatoms. The Labute approximate surface area is 112 Å². The highest BCUT2D eigenvalue weighted by Gasteiger charge is 2.15. The molecular weight excluding hydrogens is 246 g/mol. The number of amides is 2. The minimum absolute atomic E-state index is 0.148. The van der Waals surface area contributed by atoms with Crippen LogP contribution in [-0.2, 0) is 9.53 Å². The van der Waals surface area contributed by atoms with Gasteiger partial charge in [0, 0.05) is 20.7 Å².